The lowest BCUT2D eigenvalue weighted by Crippen LogP contribution is -2.34. The van der Waals surface area contributed by atoms with Crippen LogP contribution in [-0.4, -0.2) is 44.3 Å². The lowest BCUT2D eigenvalue weighted by molar-refractivity contribution is 0.138. The SMILES string of the molecule is Nc1cc2c3c(c(F)ccc3c1)C#[N+][C@]1(I)[C@@H]3COCCN(c4nc(=O)[nH]c5c(F)c-2ncc45)[C@@H]31. The molecular formula is C24H16F2IN6O2+. The van der Waals surface area contributed by atoms with Gasteiger partial charge in [0.25, 0.3) is 0 Å². The molecule has 2 fully saturated rings. The van der Waals surface area contributed by atoms with Gasteiger partial charge >= 0.3 is 15.3 Å². The molecule has 174 valence electrons. The lowest BCUT2D eigenvalue weighted by Gasteiger charge is -2.22. The van der Waals surface area contributed by atoms with E-state index < -0.39 is 20.9 Å². The molecule has 8 rings (SSSR count). The third kappa shape index (κ3) is 2.86. The number of pyridine rings is 1. The van der Waals surface area contributed by atoms with E-state index in [1.165, 1.54) is 12.3 Å². The fourth-order valence-corrected chi connectivity index (χ4v) is 6.54. The second kappa shape index (κ2) is 7.08. The summed E-state index contributed by atoms with van der Waals surface area (Å²) < 4.78 is 36.4. The molecule has 1 aliphatic carbocycles. The molecule has 0 spiro atoms. The summed E-state index contributed by atoms with van der Waals surface area (Å²) in [6, 6.07) is 8.86. The molecule has 11 heteroatoms. The van der Waals surface area contributed by atoms with Crippen molar-refractivity contribution in [2.75, 3.05) is 30.4 Å². The molecule has 3 aliphatic heterocycles. The number of ether oxygens (including phenoxy) is 1. The summed E-state index contributed by atoms with van der Waals surface area (Å²) >= 11 is 2.23. The van der Waals surface area contributed by atoms with E-state index in [1.807, 2.05) is 4.90 Å². The van der Waals surface area contributed by atoms with Crippen molar-refractivity contribution in [1.82, 2.24) is 15.0 Å². The van der Waals surface area contributed by atoms with Gasteiger partial charge in [-0.25, -0.2) is 13.6 Å². The largest absolute Gasteiger partial charge is 0.399 e. The molecule has 4 bridgehead atoms. The first-order chi connectivity index (χ1) is 16.9. The molecule has 0 amide bonds. The number of H-pyrrole nitrogens is 1. The fraction of sp³-hybridized carbons (Fsp3) is 0.250. The van der Waals surface area contributed by atoms with Crippen LogP contribution in [0.4, 0.5) is 20.3 Å². The topological polar surface area (TPSA) is 101 Å². The van der Waals surface area contributed by atoms with Gasteiger partial charge in [0.2, 0.25) is 0 Å². The van der Waals surface area contributed by atoms with Crippen LogP contribution in [0.1, 0.15) is 5.56 Å². The van der Waals surface area contributed by atoms with Gasteiger partial charge in [0, 0.05) is 52.0 Å². The summed E-state index contributed by atoms with van der Waals surface area (Å²) in [6.07, 6.45) is 1.49. The summed E-state index contributed by atoms with van der Waals surface area (Å²) in [4.78, 5) is 30.4. The van der Waals surface area contributed by atoms with E-state index >= 15 is 8.78 Å². The van der Waals surface area contributed by atoms with Crippen LogP contribution in [0.3, 0.4) is 0 Å². The first kappa shape index (κ1) is 21.0. The van der Waals surface area contributed by atoms with Crippen molar-refractivity contribution in [2.45, 2.75) is 9.59 Å². The predicted octanol–water partition coefficient (Wildman–Crippen LogP) is 3.66. The van der Waals surface area contributed by atoms with Crippen molar-refractivity contribution in [3.8, 4) is 17.3 Å². The number of rotatable bonds is 0. The molecule has 8 nitrogen and oxygen atoms in total. The van der Waals surface area contributed by atoms with Crippen LogP contribution in [0.2, 0.25) is 0 Å². The van der Waals surface area contributed by atoms with E-state index in [0.29, 0.717) is 47.4 Å². The van der Waals surface area contributed by atoms with Gasteiger partial charge in [-0.3, -0.25) is 4.98 Å². The predicted molar refractivity (Wildman–Crippen MR) is 136 cm³/mol. The fourth-order valence-electron chi connectivity index (χ4n) is 5.31. The number of nitrogens with one attached hydrogen (secondary N) is 1. The van der Waals surface area contributed by atoms with Crippen LogP contribution < -0.4 is 16.3 Å². The van der Waals surface area contributed by atoms with E-state index in [4.69, 9.17) is 15.3 Å². The van der Waals surface area contributed by atoms with Crippen molar-refractivity contribution in [3.63, 3.8) is 0 Å². The Morgan fingerprint density at radius 1 is 1.34 bits per heavy atom. The standard InChI is InChI=1S/C24H15F2IN6O2/c25-16-2-1-10-5-11(28)6-12-17(10)13(16)8-30-24(27)15-9-35-4-3-33(21(15)24)22-14-7-29-19(12)18(26)20(14)31-23(34)32-22/h1-2,5-7,15,21H,3-4,9,28H2/p+1/t15-,21+,24-/m1/s1. The lowest BCUT2D eigenvalue weighted by atomic mass is 9.95. The van der Waals surface area contributed by atoms with Crippen molar-refractivity contribution < 1.29 is 13.5 Å². The minimum Gasteiger partial charge on any atom is -0.399 e. The summed E-state index contributed by atoms with van der Waals surface area (Å²) in [7, 11) is 0. The molecule has 5 heterocycles. The molecule has 4 aliphatic rings. The number of anilines is 2. The summed E-state index contributed by atoms with van der Waals surface area (Å²) in [6.45, 7) is 1.28. The van der Waals surface area contributed by atoms with E-state index in [0.717, 1.165) is 0 Å². The molecule has 35 heavy (non-hydrogen) atoms. The molecule has 0 radical (unpaired) electrons. The van der Waals surface area contributed by atoms with Gasteiger partial charge in [-0.05, 0) is 23.6 Å². The van der Waals surface area contributed by atoms with Crippen LogP contribution >= 0.6 is 22.6 Å². The molecule has 2 aromatic carbocycles. The maximum Gasteiger partial charge on any atom is 0.355 e. The highest BCUT2D eigenvalue weighted by molar-refractivity contribution is 14.1. The quantitative estimate of drug-likeness (QED) is 0.142. The van der Waals surface area contributed by atoms with Gasteiger partial charge in [-0.1, -0.05) is 10.9 Å². The number of nitrogens with zero attached hydrogens (tertiary/aromatic N) is 4. The number of nitrogens with two attached hydrogens (primary N) is 1. The van der Waals surface area contributed by atoms with Crippen LogP contribution in [0.15, 0.2) is 35.3 Å². The zero-order valence-corrected chi connectivity index (χ0v) is 20.1. The molecule has 1 saturated heterocycles. The number of aromatic amines is 1. The highest BCUT2D eigenvalue weighted by atomic mass is 127. The highest BCUT2D eigenvalue weighted by Crippen LogP contribution is 2.58. The first-order valence-electron chi connectivity index (χ1n) is 11.0. The van der Waals surface area contributed by atoms with Gasteiger partial charge in [-0.2, -0.15) is 4.98 Å². The zero-order valence-electron chi connectivity index (χ0n) is 18.0. The van der Waals surface area contributed by atoms with E-state index in [1.54, 1.807) is 18.2 Å². The molecule has 2 aromatic heterocycles. The minimum atomic E-state index is -0.749. The van der Waals surface area contributed by atoms with E-state index in [-0.39, 0.29) is 34.3 Å². The van der Waals surface area contributed by atoms with Gasteiger partial charge in [0.05, 0.1) is 24.1 Å². The maximum absolute atomic E-state index is 16.1. The van der Waals surface area contributed by atoms with Gasteiger partial charge in [-0.15, -0.1) is 0 Å². The van der Waals surface area contributed by atoms with E-state index in [2.05, 4.69) is 43.6 Å². The molecule has 4 aromatic rings. The van der Waals surface area contributed by atoms with Gasteiger partial charge in [0.1, 0.15) is 34.9 Å². The van der Waals surface area contributed by atoms with Gasteiger partial charge < -0.3 is 20.4 Å². The van der Waals surface area contributed by atoms with Crippen molar-refractivity contribution in [2.24, 2.45) is 5.92 Å². The minimum absolute atomic E-state index is 0.0240. The number of hydrogen-bond donors (Lipinski definition) is 2. The zero-order chi connectivity index (χ0) is 24.1. The Kier molecular flexibility index (Phi) is 4.24. The third-order valence-electron chi connectivity index (χ3n) is 6.97. The Hall–Kier alpha value is -3.37. The maximum atomic E-state index is 16.1. The Morgan fingerprint density at radius 3 is 3.06 bits per heavy atom. The summed E-state index contributed by atoms with van der Waals surface area (Å²) in [5, 5.41) is 1.35. The number of nitrogen functional groups attached to an aromatic ring is 1. The van der Waals surface area contributed by atoms with Crippen LogP contribution in [0, 0.1) is 23.6 Å². The Labute approximate surface area is 210 Å². The van der Waals surface area contributed by atoms with Gasteiger partial charge in [0.15, 0.2) is 5.82 Å². The second-order valence-corrected chi connectivity index (χ2v) is 10.7. The average molecular weight is 585 g/mol. The Balaban J connectivity index is 1.68. The van der Waals surface area contributed by atoms with Crippen molar-refractivity contribution in [1.29, 1.82) is 0 Å². The number of aromatic nitrogens is 3. The monoisotopic (exact) mass is 585 g/mol. The number of alkyl halides is 1. The normalized spacial score (nSPS) is 24.3. The van der Waals surface area contributed by atoms with Crippen LogP contribution in [-0.2, 0) is 4.74 Å². The number of fused-ring (bicyclic) bond motifs is 1. The molecular weight excluding hydrogens is 569 g/mol. The van der Waals surface area contributed by atoms with Crippen molar-refractivity contribution in [3.05, 3.63) is 63.0 Å². The number of halogens is 3. The molecule has 1 saturated carbocycles. The van der Waals surface area contributed by atoms with Crippen LogP contribution in [0.5, 0.6) is 0 Å². The molecule has 3 atom stereocenters. The Bertz CT molecular complexity index is 1730. The second-order valence-electron chi connectivity index (χ2n) is 8.93. The first-order valence-corrected chi connectivity index (χ1v) is 12.1. The highest BCUT2D eigenvalue weighted by Gasteiger charge is 2.78. The van der Waals surface area contributed by atoms with Crippen molar-refractivity contribution >= 4 is 55.8 Å². The van der Waals surface area contributed by atoms with Crippen LogP contribution in [0.25, 0.3) is 37.8 Å². The average Bonchev–Trinajstić information content (AvgIpc) is 3.48. The Morgan fingerprint density at radius 2 is 2.20 bits per heavy atom. The van der Waals surface area contributed by atoms with E-state index in [9.17, 15) is 4.79 Å². The molecule has 3 N–H and O–H groups in total. The number of hydrogen-bond acceptors (Lipinski definition) is 6. The summed E-state index contributed by atoms with van der Waals surface area (Å²) in [5.74, 6) is -1.03. The third-order valence-corrected chi connectivity index (χ3v) is 8.65. The summed E-state index contributed by atoms with van der Waals surface area (Å²) in [5.41, 5.74) is 6.09. The smallest absolute Gasteiger partial charge is 0.355 e. The molecule has 0 unspecified atom stereocenters. The number of benzene rings is 2.